The van der Waals surface area contributed by atoms with Crippen molar-refractivity contribution in [2.75, 3.05) is 13.2 Å². The second-order valence-corrected chi connectivity index (χ2v) is 5.39. The van der Waals surface area contributed by atoms with Crippen molar-refractivity contribution >= 4 is 0 Å². The highest BCUT2D eigenvalue weighted by atomic mass is 16.5. The molecular formula is C12H17N3O2. The van der Waals surface area contributed by atoms with E-state index in [1.54, 1.807) is 4.68 Å². The van der Waals surface area contributed by atoms with E-state index in [9.17, 15) is 4.79 Å². The molecule has 2 bridgehead atoms. The van der Waals surface area contributed by atoms with Gasteiger partial charge in [0.2, 0.25) is 0 Å². The fourth-order valence-electron chi connectivity index (χ4n) is 3.47. The number of nitrogens with zero attached hydrogens (tertiary/aromatic N) is 1. The largest absolute Gasteiger partial charge is 0.379 e. The van der Waals surface area contributed by atoms with Crippen LogP contribution in [-0.2, 0) is 11.2 Å². The molecule has 5 heteroatoms. The van der Waals surface area contributed by atoms with E-state index in [0.29, 0.717) is 12.6 Å². The maximum atomic E-state index is 12.4. The SMILES string of the molecule is O=c1c2c([nH]n1C1CCOC1)CC1CCC2N1. The smallest absolute Gasteiger partial charge is 0.271 e. The molecule has 0 amide bonds. The van der Waals surface area contributed by atoms with E-state index in [1.807, 2.05) is 0 Å². The summed E-state index contributed by atoms with van der Waals surface area (Å²) in [5.41, 5.74) is 2.33. The summed E-state index contributed by atoms with van der Waals surface area (Å²) in [7, 11) is 0. The highest BCUT2D eigenvalue weighted by Crippen LogP contribution is 2.33. The Bertz CT molecular complexity index is 498. The van der Waals surface area contributed by atoms with Crippen molar-refractivity contribution in [1.82, 2.24) is 15.1 Å². The van der Waals surface area contributed by atoms with Crippen molar-refractivity contribution in [2.45, 2.75) is 43.8 Å². The summed E-state index contributed by atoms with van der Waals surface area (Å²) >= 11 is 0. The lowest BCUT2D eigenvalue weighted by Gasteiger charge is -2.19. The minimum Gasteiger partial charge on any atom is -0.379 e. The van der Waals surface area contributed by atoms with Gasteiger partial charge in [-0.15, -0.1) is 0 Å². The Kier molecular flexibility index (Phi) is 2.02. The van der Waals surface area contributed by atoms with Gasteiger partial charge in [0.25, 0.3) is 5.56 Å². The maximum absolute atomic E-state index is 12.4. The monoisotopic (exact) mass is 235 g/mol. The first-order valence-corrected chi connectivity index (χ1v) is 6.50. The lowest BCUT2D eigenvalue weighted by atomic mass is 10.0. The number of nitrogens with one attached hydrogen (secondary N) is 2. The standard InChI is InChI=1S/C12H17N3O2/c16-12-11-9-2-1-7(13-9)5-10(11)14-15(12)8-3-4-17-6-8/h7-9,13-14H,1-6H2. The summed E-state index contributed by atoms with van der Waals surface area (Å²) in [6.07, 6.45) is 4.22. The summed E-state index contributed by atoms with van der Waals surface area (Å²) in [5.74, 6) is 0. The van der Waals surface area contributed by atoms with Crippen LogP contribution in [0.3, 0.4) is 0 Å². The van der Waals surface area contributed by atoms with Crippen LogP contribution >= 0.6 is 0 Å². The lowest BCUT2D eigenvalue weighted by Crippen LogP contribution is -2.34. The first kappa shape index (κ1) is 9.91. The van der Waals surface area contributed by atoms with E-state index in [4.69, 9.17) is 4.74 Å². The van der Waals surface area contributed by atoms with Crippen LogP contribution in [0, 0.1) is 0 Å². The van der Waals surface area contributed by atoms with Crippen LogP contribution in [0.25, 0.3) is 0 Å². The van der Waals surface area contributed by atoms with Gasteiger partial charge in [-0.05, 0) is 19.3 Å². The molecule has 3 atom stereocenters. The first-order chi connectivity index (χ1) is 8.33. The number of aromatic amines is 1. The van der Waals surface area contributed by atoms with E-state index in [1.165, 1.54) is 6.42 Å². The van der Waals surface area contributed by atoms with Gasteiger partial charge in [-0.3, -0.25) is 9.89 Å². The Balaban J connectivity index is 1.79. The molecule has 17 heavy (non-hydrogen) atoms. The Labute approximate surface area is 99.1 Å². The van der Waals surface area contributed by atoms with Gasteiger partial charge in [-0.1, -0.05) is 0 Å². The van der Waals surface area contributed by atoms with Gasteiger partial charge >= 0.3 is 0 Å². The van der Waals surface area contributed by atoms with Crippen LogP contribution < -0.4 is 10.9 Å². The molecule has 3 aliphatic heterocycles. The Morgan fingerprint density at radius 2 is 2.24 bits per heavy atom. The van der Waals surface area contributed by atoms with Crippen LogP contribution in [0.4, 0.5) is 0 Å². The van der Waals surface area contributed by atoms with E-state index in [2.05, 4.69) is 10.4 Å². The van der Waals surface area contributed by atoms with Crippen LogP contribution in [-0.4, -0.2) is 29.0 Å². The lowest BCUT2D eigenvalue weighted by molar-refractivity contribution is 0.184. The highest BCUT2D eigenvalue weighted by Gasteiger charge is 2.37. The Hall–Kier alpha value is -1.07. The quantitative estimate of drug-likeness (QED) is 0.744. The molecule has 2 fully saturated rings. The zero-order valence-electron chi connectivity index (χ0n) is 9.74. The normalized spacial score (nSPS) is 35.2. The van der Waals surface area contributed by atoms with Crippen molar-refractivity contribution in [3.05, 3.63) is 21.6 Å². The topological polar surface area (TPSA) is 59.0 Å². The minimum absolute atomic E-state index is 0.174. The average molecular weight is 235 g/mol. The molecular weight excluding hydrogens is 218 g/mol. The third-order valence-corrected chi connectivity index (χ3v) is 4.34. The number of rotatable bonds is 1. The Morgan fingerprint density at radius 3 is 3.06 bits per heavy atom. The zero-order valence-corrected chi connectivity index (χ0v) is 9.74. The van der Waals surface area contributed by atoms with Gasteiger partial charge in [0, 0.05) is 30.8 Å². The van der Waals surface area contributed by atoms with Crippen molar-refractivity contribution in [3.8, 4) is 0 Å². The summed E-state index contributed by atoms with van der Waals surface area (Å²) in [6.45, 7) is 1.44. The van der Waals surface area contributed by atoms with Crippen molar-refractivity contribution < 1.29 is 4.74 Å². The molecule has 0 radical (unpaired) electrons. The number of ether oxygens (including phenoxy) is 1. The molecule has 2 saturated heterocycles. The minimum atomic E-state index is 0.174. The first-order valence-electron chi connectivity index (χ1n) is 6.50. The molecule has 1 aromatic rings. The molecule has 0 aromatic carbocycles. The van der Waals surface area contributed by atoms with Crippen LogP contribution in [0.15, 0.2) is 4.79 Å². The van der Waals surface area contributed by atoms with Crippen molar-refractivity contribution in [1.29, 1.82) is 0 Å². The van der Waals surface area contributed by atoms with E-state index in [0.717, 1.165) is 37.1 Å². The molecule has 5 nitrogen and oxygen atoms in total. The number of H-pyrrole nitrogens is 1. The number of aromatic nitrogens is 2. The predicted molar refractivity (Wildman–Crippen MR) is 62.1 cm³/mol. The Morgan fingerprint density at radius 1 is 1.29 bits per heavy atom. The highest BCUT2D eigenvalue weighted by molar-refractivity contribution is 5.28. The van der Waals surface area contributed by atoms with Gasteiger partial charge in [0.1, 0.15) is 0 Å². The van der Waals surface area contributed by atoms with Crippen LogP contribution in [0.5, 0.6) is 0 Å². The number of hydrogen-bond donors (Lipinski definition) is 2. The molecule has 3 unspecified atom stereocenters. The van der Waals surface area contributed by atoms with Crippen molar-refractivity contribution in [2.24, 2.45) is 0 Å². The molecule has 2 N–H and O–H groups in total. The molecule has 3 aliphatic rings. The van der Waals surface area contributed by atoms with E-state index < -0.39 is 0 Å². The second-order valence-electron chi connectivity index (χ2n) is 5.39. The third kappa shape index (κ3) is 1.35. The number of fused-ring (bicyclic) bond motifs is 4. The van der Waals surface area contributed by atoms with Crippen LogP contribution in [0.2, 0.25) is 0 Å². The summed E-state index contributed by atoms with van der Waals surface area (Å²) in [4.78, 5) is 12.4. The maximum Gasteiger partial charge on any atom is 0.271 e. The molecule has 0 aliphatic carbocycles. The fraction of sp³-hybridized carbons (Fsp3) is 0.750. The van der Waals surface area contributed by atoms with E-state index in [-0.39, 0.29) is 17.6 Å². The molecule has 1 aromatic heterocycles. The fourth-order valence-corrected chi connectivity index (χ4v) is 3.47. The van der Waals surface area contributed by atoms with E-state index >= 15 is 0 Å². The molecule has 0 saturated carbocycles. The molecule has 4 heterocycles. The second kappa shape index (κ2) is 3.46. The van der Waals surface area contributed by atoms with Gasteiger partial charge in [0.05, 0.1) is 18.2 Å². The zero-order chi connectivity index (χ0) is 11.4. The number of hydrogen-bond acceptors (Lipinski definition) is 3. The molecule has 0 spiro atoms. The van der Waals surface area contributed by atoms with Gasteiger partial charge in [0.15, 0.2) is 0 Å². The summed E-state index contributed by atoms with van der Waals surface area (Å²) in [5, 5.41) is 6.86. The summed E-state index contributed by atoms with van der Waals surface area (Å²) < 4.78 is 7.17. The summed E-state index contributed by atoms with van der Waals surface area (Å²) in [6, 6.07) is 1.07. The van der Waals surface area contributed by atoms with Crippen molar-refractivity contribution in [3.63, 3.8) is 0 Å². The van der Waals surface area contributed by atoms with Crippen LogP contribution in [0.1, 0.15) is 42.6 Å². The van der Waals surface area contributed by atoms with Gasteiger partial charge < -0.3 is 10.1 Å². The van der Waals surface area contributed by atoms with Gasteiger partial charge in [-0.2, -0.15) is 0 Å². The average Bonchev–Trinajstić information content (AvgIpc) is 3.00. The molecule has 92 valence electrons. The predicted octanol–water partition coefficient (Wildman–Crippen LogP) is 0.487. The van der Waals surface area contributed by atoms with Gasteiger partial charge in [-0.25, -0.2) is 4.68 Å². The molecule has 4 rings (SSSR count). The third-order valence-electron chi connectivity index (χ3n) is 4.34.